The summed E-state index contributed by atoms with van der Waals surface area (Å²) in [5.41, 5.74) is 0. The molecule has 1 aliphatic carbocycles. The van der Waals surface area contributed by atoms with Crippen LogP contribution in [0.15, 0.2) is 4.52 Å². The molecule has 1 aromatic heterocycles. The molecule has 7 nitrogen and oxygen atoms in total. The van der Waals surface area contributed by atoms with Crippen molar-refractivity contribution in [1.29, 1.82) is 0 Å². The van der Waals surface area contributed by atoms with E-state index in [2.05, 4.69) is 15.5 Å². The maximum atomic E-state index is 12.3. The standard InChI is InChI=1S/C17H26N4O3/c1-2-14-19-15(24-20-14)7-8-16(22)21-10-9-12(11-21)17(23)18-13-5-3-4-6-13/h12-13H,2-11H2,1H3,(H,18,23)/t12-/m1/s1. The first-order valence-electron chi connectivity index (χ1n) is 9.05. The summed E-state index contributed by atoms with van der Waals surface area (Å²) < 4.78 is 5.11. The smallest absolute Gasteiger partial charge is 0.227 e. The van der Waals surface area contributed by atoms with Crippen molar-refractivity contribution in [2.75, 3.05) is 13.1 Å². The van der Waals surface area contributed by atoms with Crippen LogP contribution in [0.1, 0.15) is 57.2 Å². The van der Waals surface area contributed by atoms with Gasteiger partial charge in [-0.1, -0.05) is 24.9 Å². The van der Waals surface area contributed by atoms with Crippen LogP contribution >= 0.6 is 0 Å². The van der Waals surface area contributed by atoms with Gasteiger partial charge < -0.3 is 14.7 Å². The van der Waals surface area contributed by atoms with E-state index in [-0.39, 0.29) is 17.7 Å². The van der Waals surface area contributed by atoms with Crippen LogP contribution in [0.5, 0.6) is 0 Å². The molecule has 0 bridgehead atoms. The van der Waals surface area contributed by atoms with Gasteiger partial charge in [-0.15, -0.1) is 0 Å². The number of nitrogens with zero attached hydrogens (tertiary/aromatic N) is 3. The van der Waals surface area contributed by atoms with E-state index in [9.17, 15) is 9.59 Å². The maximum absolute atomic E-state index is 12.3. The van der Waals surface area contributed by atoms with Crippen molar-refractivity contribution in [2.45, 2.75) is 64.3 Å². The number of aryl methyl sites for hydroxylation is 2. The van der Waals surface area contributed by atoms with Crippen LogP contribution in [0.3, 0.4) is 0 Å². The Morgan fingerprint density at radius 2 is 2.08 bits per heavy atom. The van der Waals surface area contributed by atoms with Gasteiger partial charge in [0.1, 0.15) is 0 Å². The summed E-state index contributed by atoms with van der Waals surface area (Å²) in [7, 11) is 0. The van der Waals surface area contributed by atoms with E-state index >= 15 is 0 Å². The third-order valence-corrected chi connectivity index (χ3v) is 4.99. The summed E-state index contributed by atoms with van der Waals surface area (Å²) >= 11 is 0. The fraction of sp³-hybridized carbons (Fsp3) is 0.765. The monoisotopic (exact) mass is 334 g/mol. The molecule has 0 radical (unpaired) electrons. The number of likely N-dealkylation sites (tertiary alicyclic amines) is 1. The molecule has 1 saturated heterocycles. The predicted octanol–water partition coefficient (Wildman–Crippen LogP) is 1.47. The second-order valence-electron chi connectivity index (χ2n) is 6.77. The number of aromatic nitrogens is 2. The molecule has 7 heteroatoms. The molecule has 1 saturated carbocycles. The summed E-state index contributed by atoms with van der Waals surface area (Å²) in [5, 5.41) is 6.97. The second-order valence-corrected chi connectivity index (χ2v) is 6.77. The second kappa shape index (κ2) is 7.77. The molecule has 2 aliphatic rings. The predicted molar refractivity (Wildman–Crippen MR) is 87.1 cm³/mol. The molecule has 1 N–H and O–H groups in total. The van der Waals surface area contributed by atoms with E-state index in [0.29, 0.717) is 43.7 Å². The Morgan fingerprint density at radius 1 is 1.29 bits per heavy atom. The number of amides is 2. The van der Waals surface area contributed by atoms with Crippen LogP contribution in [0, 0.1) is 5.92 Å². The fourth-order valence-electron chi connectivity index (χ4n) is 3.50. The van der Waals surface area contributed by atoms with Gasteiger partial charge in [-0.05, 0) is 19.3 Å². The minimum atomic E-state index is -0.0651. The number of carbonyl (C=O) groups is 2. The summed E-state index contributed by atoms with van der Waals surface area (Å²) in [4.78, 5) is 30.6. The largest absolute Gasteiger partial charge is 0.353 e. The minimum absolute atomic E-state index is 0.0578. The Labute approximate surface area is 142 Å². The van der Waals surface area contributed by atoms with Gasteiger partial charge in [0.2, 0.25) is 17.7 Å². The summed E-state index contributed by atoms with van der Waals surface area (Å²) in [6, 6.07) is 0.340. The Morgan fingerprint density at radius 3 is 2.79 bits per heavy atom. The Kier molecular flexibility index (Phi) is 5.48. The Balaban J connectivity index is 1.42. The van der Waals surface area contributed by atoms with E-state index in [1.54, 1.807) is 4.90 Å². The first-order valence-corrected chi connectivity index (χ1v) is 9.05. The highest BCUT2D eigenvalue weighted by Crippen LogP contribution is 2.21. The average molecular weight is 334 g/mol. The Hall–Kier alpha value is -1.92. The number of nitrogens with one attached hydrogen (secondary N) is 1. The van der Waals surface area contributed by atoms with Crippen LogP contribution < -0.4 is 5.32 Å². The SMILES string of the molecule is CCc1noc(CCC(=O)N2CC[C@@H](C(=O)NC3CCCC3)C2)n1. The molecule has 3 rings (SSSR count). The maximum Gasteiger partial charge on any atom is 0.227 e. The topological polar surface area (TPSA) is 88.3 Å². The summed E-state index contributed by atoms with van der Waals surface area (Å²) in [5.74, 6) is 1.28. The molecule has 2 heterocycles. The molecule has 24 heavy (non-hydrogen) atoms. The number of rotatable bonds is 6. The van der Waals surface area contributed by atoms with Gasteiger partial charge in [0.05, 0.1) is 5.92 Å². The average Bonchev–Trinajstić information content (AvgIpc) is 3.32. The lowest BCUT2D eigenvalue weighted by molar-refractivity contribution is -0.130. The van der Waals surface area contributed by atoms with Crippen LogP contribution in [-0.2, 0) is 22.4 Å². The first kappa shape index (κ1) is 16.9. The van der Waals surface area contributed by atoms with Crippen molar-refractivity contribution >= 4 is 11.8 Å². The van der Waals surface area contributed by atoms with E-state index < -0.39 is 0 Å². The third-order valence-electron chi connectivity index (χ3n) is 4.99. The van der Waals surface area contributed by atoms with Crippen LogP contribution in [0.25, 0.3) is 0 Å². The summed E-state index contributed by atoms with van der Waals surface area (Å²) in [6.45, 7) is 3.15. The fourth-order valence-corrected chi connectivity index (χ4v) is 3.50. The zero-order valence-electron chi connectivity index (χ0n) is 14.3. The van der Waals surface area contributed by atoms with Gasteiger partial charge in [-0.3, -0.25) is 9.59 Å². The summed E-state index contributed by atoms with van der Waals surface area (Å²) in [6.07, 6.45) is 6.87. The van der Waals surface area contributed by atoms with Crippen molar-refractivity contribution in [3.63, 3.8) is 0 Å². The van der Waals surface area contributed by atoms with Gasteiger partial charge in [0.25, 0.3) is 0 Å². The normalized spacial score (nSPS) is 21.4. The molecule has 1 atom stereocenters. The number of hydrogen-bond acceptors (Lipinski definition) is 5. The van der Waals surface area contributed by atoms with Crippen LogP contribution in [0.4, 0.5) is 0 Å². The highest BCUT2D eigenvalue weighted by Gasteiger charge is 2.32. The van der Waals surface area contributed by atoms with E-state index in [4.69, 9.17) is 4.52 Å². The van der Waals surface area contributed by atoms with Crippen molar-refractivity contribution in [2.24, 2.45) is 5.92 Å². The van der Waals surface area contributed by atoms with Crippen LogP contribution in [-0.4, -0.2) is 46.0 Å². The number of carbonyl (C=O) groups excluding carboxylic acids is 2. The quantitative estimate of drug-likeness (QED) is 0.851. The van der Waals surface area contributed by atoms with E-state index in [1.165, 1.54) is 12.8 Å². The highest BCUT2D eigenvalue weighted by atomic mass is 16.5. The van der Waals surface area contributed by atoms with Gasteiger partial charge in [0, 0.05) is 38.4 Å². The van der Waals surface area contributed by atoms with E-state index in [0.717, 1.165) is 25.7 Å². The highest BCUT2D eigenvalue weighted by molar-refractivity contribution is 5.82. The zero-order valence-corrected chi connectivity index (χ0v) is 14.3. The molecule has 132 valence electrons. The minimum Gasteiger partial charge on any atom is -0.353 e. The van der Waals surface area contributed by atoms with Gasteiger partial charge >= 0.3 is 0 Å². The zero-order chi connectivity index (χ0) is 16.9. The first-order chi connectivity index (χ1) is 11.7. The molecule has 1 aromatic rings. The Bertz CT molecular complexity index is 580. The lowest BCUT2D eigenvalue weighted by Crippen LogP contribution is -2.39. The van der Waals surface area contributed by atoms with Crippen molar-refractivity contribution < 1.29 is 14.1 Å². The molecular formula is C17H26N4O3. The van der Waals surface area contributed by atoms with Crippen molar-refractivity contribution in [3.05, 3.63) is 11.7 Å². The molecular weight excluding hydrogens is 308 g/mol. The molecule has 0 spiro atoms. The molecule has 0 unspecified atom stereocenters. The van der Waals surface area contributed by atoms with Gasteiger partial charge in [-0.25, -0.2) is 0 Å². The lowest BCUT2D eigenvalue weighted by atomic mass is 10.1. The lowest BCUT2D eigenvalue weighted by Gasteiger charge is -2.18. The van der Waals surface area contributed by atoms with Crippen LogP contribution in [0.2, 0.25) is 0 Å². The molecule has 2 amide bonds. The van der Waals surface area contributed by atoms with Gasteiger partial charge in [0.15, 0.2) is 5.82 Å². The molecule has 2 fully saturated rings. The molecule has 0 aromatic carbocycles. The number of hydrogen-bond donors (Lipinski definition) is 1. The van der Waals surface area contributed by atoms with Crippen molar-refractivity contribution in [1.82, 2.24) is 20.4 Å². The van der Waals surface area contributed by atoms with Crippen molar-refractivity contribution in [3.8, 4) is 0 Å². The van der Waals surface area contributed by atoms with E-state index in [1.807, 2.05) is 6.92 Å². The third kappa shape index (κ3) is 4.13. The molecule has 1 aliphatic heterocycles. The van der Waals surface area contributed by atoms with Gasteiger partial charge in [-0.2, -0.15) is 4.98 Å².